The van der Waals surface area contributed by atoms with Gasteiger partial charge >= 0.3 is 5.97 Å². The molecule has 11 nitrogen and oxygen atoms in total. The predicted octanol–water partition coefficient (Wildman–Crippen LogP) is -1.46. The Morgan fingerprint density at radius 2 is 1.50 bits per heavy atom. The Kier molecular flexibility index (Phi) is 13.2. The van der Waals surface area contributed by atoms with Crippen molar-refractivity contribution in [2.45, 2.75) is 62.9 Å². The van der Waals surface area contributed by atoms with Gasteiger partial charge in [-0.1, -0.05) is 30.3 Å². The highest BCUT2D eigenvalue weighted by atomic mass is 32.1. The molecule has 0 spiro atoms. The van der Waals surface area contributed by atoms with Gasteiger partial charge in [0.15, 0.2) is 0 Å². The number of nitrogens with two attached hydrogens (primary N) is 2. The van der Waals surface area contributed by atoms with Crippen molar-refractivity contribution < 1.29 is 29.4 Å². The molecule has 1 rings (SSSR count). The number of aliphatic carboxylic acids is 1. The number of aliphatic hydroxyl groups is 1. The van der Waals surface area contributed by atoms with E-state index in [1.165, 1.54) is 6.92 Å². The lowest BCUT2D eigenvalue weighted by Gasteiger charge is -2.25. The van der Waals surface area contributed by atoms with Gasteiger partial charge in [0, 0.05) is 12.2 Å². The van der Waals surface area contributed by atoms with Crippen LogP contribution in [0, 0.1) is 0 Å². The number of hydrogen-bond donors (Lipinski definition) is 8. The summed E-state index contributed by atoms with van der Waals surface area (Å²) in [5, 5.41) is 26.4. The molecule has 0 heterocycles. The summed E-state index contributed by atoms with van der Waals surface area (Å²) in [6.07, 6.45) is 0.278. The lowest BCUT2D eigenvalue weighted by atomic mass is 10.0. The molecule has 5 atom stereocenters. The summed E-state index contributed by atoms with van der Waals surface area (Å²) in [6, 6.07) is 4.24. The molecule has 0 saturated heterocycles. The topological polar surface area (TPSA) is 197 Å². The highest BCUT2D eigenvalue weighted by Crippen LogP contribution is 2.07. The zero-order chi connectivity index (χ0) is 25.7. The summed E-state index contributed by atoms with van der Waals surface area (Å²) in [4.78, 5) is 49.6. The van der Waals surface area contributed by atoms with E-state index in [1.807, 2.05) is 0 Å². The van der Waals surface area contributed by atoms with Gasteiger partial charge in [-0.15, -0.1) is 0 Å². The van der Waals surface area contributed by atoms with E-state index >= 15 is 0 Å². The van der Waals surface area contributed by atoms with Crippen molar-refractivity contribution in [2.24, 2.45) is 11.5 Å². The third-order valence-corrected chi connectivity index (χ3v) is 5.48. The average molecular weight is 498 g/mol. The van der Waals surface area contributed by atoms with Crippen molar-refractivity contribution >= 4 is 36.3 Å². The molecular weight excluding hydrogens is 462 g/mol. The minimum Gasteiger partial charge on any atom is -0.480 e. The van der Waals surface area contributed by atoms with Crippen molar-refractivity contribution in [3.8, 4) is 0 Å². The van der Waals surface area contributed by atoms with Crippen LogP contribution in [0.15, 0.2) is 30.3 Å². The lowest BCUT2D eigenvalue weighted by molar-refractivity contribution is -0.142. The van der Waals surface area contributed by atoms with E-state index in [9.17, 15) is 29.4 Å². The van der Waals surface area contributed by atoms with Crippen LogP contribution in [0.25, 0.3) is 0 Å². The molecule has 0 aromatic heterocycles. The predicted molar refractivity (Wildman–Crippen MR) is 130 cm³/mol. The van der Waals surface area contributed by atoms with Gasteiger partial charge in [0.25, 0.3) is 0 Å². The van der Waals surface area contributed by atoms with Gasteiger partial charge in [0.05, 0.1) is 6.10 Å². The number of hydrogen-bond acceptors (Lipinski definition) is 8. The van der Waals surface area contributed by atoms with Crippen molar-refractivity contribution in [3.05, 3.63) is 35.9 Å². The maximum atomic E-state index is 13.0. The third-order valence-electron chi connectivity index (χ3n) is 5.12. The molecule has 12 heteroatoms. The van der Waals surface area contributed by atoms with Crippen molar-refractivity contribution in [3.63, 3.8) is 0 Å². The second kappa shape index (κ2) is 15.3. The number of aliphatic hydroxyl groups excluding tert-OH is 1. The zero-order valence-electron chi connectivity index (χ0n) is 19.1. The standard InChI is InChI=1S/C22H35N5O6S/c1-13(28)18(24)21(31)27-17(12-34)20(30)26-16(11-14-7-3-2-4-8-14)19(29)25-15(22(32)33)9-5-6-10-23/h2-4,7-8,13,15-18,28,34H,5-6,9-12,23-24H2,1H3,(H,25,29)(H,26,30)(H,27,31)(H,32,33). The van der Waals surface area contributed by atoms with E-state index in [1.54, 1.807) is 30.3 Å². The fourth-order valence-corrected chi connectivity index (χ4v) is 3.29. The van der Waals surface area contributed by atoms with Crippen molar-refractivity contribution in [2.75, 3.05) is 12.3 Å². The Morgan fingerprint density at radius 1 is 0.941 bits per heavy atom. The van der Waals surface area contributed by atoms with E-state index in [0.717, 1.165) is 5.56 Å². The quantitative estimate of drug-likeness (QED) is 0.106. The SMILES string of the molecule is CC(O)C(N)C(=O)NC(CS)C(=O)NC(Cc1ccccc1)C(=O)NC(CCCCN)C(=O)O. The third kappa shape index (κ3) is 10.1. The van der Waals surface area contributed by atoms with Crippen molar-refractivity contribution in [1.29, 1.82) is 0 Å². The van der Waals surface area contributed by atoms with Crippen LogP contribution >= 0.6 is 12.6 Å². The van der Waals surface area contributed by atoms with Crippen LogP contribution in [0.3, 0.4) is 0 Å². The Morgan fingerprint density at radius 3 is 2.03 bits per heavy atom. The number of benzene rings is 1. The summed E-state index contributed by atoms with van der Waals surface area (Å²) < 4.78 is 0. The molecule has 0 fully saturated rings. The minimum absolute atomic E-state index is 0.0912. The highest BCUT2D eigenvalue weighted by molar-refractivity contribution is 7.80. The van der Waals surface area contributed by atoms with Gasteiger partial charge in [-0.05, 0) is 38.3 Å². The number of carbonyl (C=O) groups is 4. The summed E-state index contributed by atoms with van der Waals surface area (Å²) in [6.45, 7) is 1.75. The maximum absolute atomic E-state index is 13.0. The minimum atomic E-state index is -1.25. The van der Waals surface area contributed by atoms with Crippen LogP contribution < -0.4 is 27.4 Å². The van der Waals surface area contributed by atoms with Crippen LogP contribution in [0.4, 0.5) is 0 Å². The van der Waals surface area contributed by atoms with E-state index in [0.29, 0.717) is 19.4 Å². The van der Waals surface area contributed by atoms with Crippen LogP contribution in [0.2, 0.25) is 0 Å². The summed E-state index contributed by atoms with van der Waals surface area (Å²) in [7, 11) is 0. The van der Waals surface area contributed by atoms with E-state index in [2.05, 4.69) is 28.6 Å². The molecule has 0 aliphatic carbocycles. The molecule has 0 aliphatic rings. The summed E-state index contributed by atoms with van der Waals surface area (Å²) in [5.74, 6) is -3.42. The molecule has 0 bridgehead atoms. The normalized spacial score (nSPS) is 15.3. The van der Waals surface area contributed by atoms with Crippen molar-refractivity contribution in [1.82, 2.24) is 16.0 Å². The first-order valence-electron chi connectivity index (χ1n) is 11.0. The Bertz CT molecular complexity index is 810. The van der Waals surface area contributed by atoms with Gasteiger partial charge < -0.3 is 37.6 Å². The monoisotopic (exact) mass is 497 g/mol. The number of rotatable bonds is 15. The number of carbonyl (C=O) groups excluding carboxylic acids is 3. The number of carboxylic acid groups (broad SMARTS) is 1. The van der Waals surface area contributed by atoms with Crippen LogP contribution in [0.5, 0.6) is 0 Å². The lowest BCUT2D eigenvalue weighted by Crippen LogP contribution is -2.59. The average Bonchev–Trinajstić information content (AvgIpc) is 2.81. The second-order valence-electron chi connectivity index (χ2n) is 7.94. The first kappa shape index (κ1) is 29.4. The van der Waals surface area contributed by atoms with Crippen LogP contribution in [0.1, 0.15) is 31.7 Å². The van der Waals surface area contributed by atoms with Gasteiger partial charge in [-0.25, -0.2) is 4.79 Å². The molecule has 3 amide bonds. The number of amides is 3. The maximum Gasteiger partial charge on any atom is 0.326 e. The molecular formula is C22H35N5O6S. The smallest absolute Gasteiger partial charge is 0.326 e. The number of thiol groups is 1. The number of nitrogens with one attached hydrogen (secondary N) is 3. The van der Waals surface area contributed by atoms with E-state index < -0.39 is 54.0 Å². The van der Waals surface area contributed by atoms with Gasteiger partial charge in [0.1, 0.15) is 24.2 Å². The summed E-state index contributed by atoms with van der Waals surface area (Å²) in [5.41, 5.74) is 11.8. The van der Waals surface area contributed by atoms with Gasteiger partial charge in [-0.2, -0.15) is 12.6 Å². The van der Waals surface area contributed by atoms with Crippen LogP contribution in [-0.4, -0.2) is 76.5 Å². The number of unbranched alkanes of at least 4 members (excludes halogenated alkanes) is 1. The number of carboxylic acids is 1. The molecule has 190 valence electrons. The molecule has 1 aromatic carbocycles. The Labute approximate surface area is 204 Å². The molecule has 0 radical (unpaired) electrons. The zero-order valence-corrected chi connectivity index (χ0v) is 20.0. The molecule has 0 aliphatic heterocycles. The molecule has 9 N–H and O–H groups in total. The largest absolute Gasteiger partial charge is 0.480 e. The summed E-state index contributed by atoms with van der Waals surface area (Å²) >= 11 is 4.09. The molecule has 0 saturated carbocycles. The molecule has 1 aromatic rings. The first-order chi connectivity index (χ1) is 16.1. The second-order valence-corrected chi connectivity index (χ2v) is 8.31. The Balaban J connectivity index is 2.99. The fraction of sp³-hybridized carbons (Fsp3) is 0.545. The van der Waals surface area contributed by atoms with E-state index in [4.69, 9.17) is 11.5 Å². The van der Waals surface area contributed by atoms with Gasteiger partial charge in [0.2, 0.25) is 17.7 Å². The van der Waals surface area contributed by atoms with Gasteiger partial charge in [-0.3, -0.25) is 14.4 Å². The van der Waals surface area contributed by atoms with E-state index in [-0.39, 0.29) is 18.6 Å². The molecule has 5 unspecified atom stereocenters. The highest BCUT2D eigenvalue weighted by Gasteiger charge is 2.30. The molecule has 34 heavy (non-hydrogen) atoms. The Hall–Kier alpha value is -2.67. The van der Waals surface area contributed by atoms with Crippen LogP contribution in [-0.2, 0) is 25.6 Å². The fourth-order valence-electron chi connectivity index (χ4n) is 3.04. The first-order valence-corrected chi connectivity index (χ1v) is 11.7.